The Morgan fingerprint density at radius 1 is 1.44 bits per heavy atom. The van der Waals surface area contributed by atoms with E-state index in [1.807, 2.05) is 18.2 Å². The molecule has 0 heterocycles. The van der Waals surface area contributed by atoms with Crippen molar-refractivity contribution in [2.75, 3.05) is 18.5 Å². The van der Waals surface area contributed by atoms with Crippen molar-refractivity contribution in [1.29, 1.82) is 5.41 Å². The standard InChI is InChI=1S/C13H21N3/c1-4-5-8-16(3)12-7-6-11(13(14)15)9-10(12)2/h6-7,9H,4-5,8H2,1-3H3,(H3,14,15). The molecule has 0 amide bonds. The Morgan fingerprint density at radius 3 is 2.62 bits per heavy atom. The molecule has 1 rings (SSSR count). The fourth-order valence-electron chi connectivity index (χ4n) is 1.77. The average Bonchev–Trinajstić information content (AvgIpc) is 2.25. The quantitative estimate of drug-likeness (QED) is 0.590. The number of benzene rings is 1. The zero-order chi connectivity index (χ0) is 12.1. The molecule has 0 radical (unpaired) electrons. The maximum absolute atomic E-state index is 7.38. The minimum absolute atomic E-state index is 0.130. The van der Waals surface area contributed by atoms with Gasteiger partial charge in [0.25, 0.3) is 0 Å². The number of rotatable bonds is 5. The van der Waals surface area contributed by atoms with Crippen LogP contribution in [0.1, 0.15) is 30.9 Å². The number of unbranched alkanes of at least 4 members (excludes halogenated alkanes) is 1. The highest BCUT2D eigenvalue weighted by molar-refractivity contribution is 5.95. The van der Waals surface area contributed by atoms with Crippen LogP contribution in [0.4, 0.5) is 5.69 Å². The number of nitrogens with one attached hydrogen (secondary N) is 1. The summed E-state index contributed by atoms with van der Waals surface area (Å²) in [5, 5.41) is 7.38. The first-order chi connectivity index (χ1) is 7.56. The highest BCUT2D eigenvalue weighted by atomic mass is 15.1. The van der Waals surface area contributed by atoms with Gasteiger partial charge in [0.2, 0.25) is 0 Å². The molecule has 0 aromatic heterocycles. The Balaban J connectivity index is 2.85. The molecule has 0 saturated carbocycles. The fourth-order valence-corrected chi connectivity index (χ4v) is 1.77. The summed E-state index contributed by atoms with van der Waals surface area (Å²) in [6, 6.07) is 5.93. The Labute approximate surface area is 97.8 Å². The molecule has 88 valence electrons. The van der Waals surface area contributed by atoms with Gasteiger partial charge in [0.1, 0.15) is 5.84 Å². The minimum Gasteiger partial charge on any atom is -0.384 e. The summed E-state index contributed by atoms with van der Waals surface area (Å²) in [5.41, 5.74) is 8.65. The van der Waals surface area contributed by atoms with Gasteiger partial charge in [0.05, 0.1) is 0 Å². The van der Waals surface area contributed by atoms with E-state index in [4.69, 9.17) is 11.1 Å². The molecule has 0 bridgehead atoms. The number of anilines is 1. The lowest BCUT2D eigenvalue weighted by Crippen LogP contribution is -2.20. The molecule has 3 nitrogen and oxygen atoms in total. The molecule has 3 N–H and O–H groups in total. The van der Waals surface area contributed by atoms with E-state index in [-0.39, 0.29) is 5.84 Å². The lowest BCUT2D eigenvalue weighted by molar-refractivity contribution is 0.765. The maximum atomic E-state index is 7.38. The molecule has 0 aliphatic heterocycles. The number of nitrogens with two attached hydrogens (primary N) is 1. The van der Waals surface area contributed by atoms with Crippen molar-refractivity contribution in [3.05, 3.63) is 29.3 Å². The van der Waals surface area contributed by atoms with Gasteiger partial charge in [-0.3, -0.25) is 5.41 Å². The molecular formula is C13H21N3. The second-order valence-electron chi connectivity index (χ2n) is 4.19. The van der Waals surface area contributed by atoms with Gasteiger partial charge in [-0.05, 0) is 37.1 Å². The largest absolute Gasteiger partial charge is 0.384 e. The number of hydrogen-bond acceptors (Lipinski definition) is 2. The van der Waals surface area contributed by atoms with Gasteiger partial charge in [-0.15, -0.1) is 0 Å². The molecule has 0 aliphatic carbocycles. The van der Waals surface area contributed by atoms with Crippen LogP contribution in [0.2, 0.25) is 0 Å². The van der Waals surface area contributed by atoms with Crippen LogP contribution in [0.15, 0.2) is 18.2 Å². The Morgan fingerprint density at radius 2 is 2.12 bits per heavy atom. The second kappa shape index (κ2) is 5.54. The zero-order valence-corrected chi connectivity index (χ0v) is 10.4. The lowest BCUT2D eigenvalue weighted by atomic mass is 10.1. The van der Waals surface area contributed by atoms with Crippen LogP contribution in [-0.4, -0.2) is 19.4 Å². The van der Waals surface area contributed by atoms with Crippen LogP contribution in [0.5, 0.6) is 0 Å². The highest BCUT2D eigenvalue weighted by Crippen LogP contribution is 2.20. The normalized spacial score (nSPS) is 10.2. The van der Waals surface area contributed by atoms with Crippen molar-refractivity contribution in [1.82, 2.24) is 0 Å². The first-order valence-corrected chi connectivity index (χ1v) is 5.72. The summed E-state index contributed by atoms with van der Waals surface area (Å²) in [4.78, 5) is 2.25. The van der Waals surface area contributed by atoms with Gasteiger partial charge in [0, 0.05) is 24.8 Å². The molecule has 16 heavy (non-hydrogen) atoms. The van der Waals surface area contributed by atoms with Crippen molar-refractivity contribution in [3.8, 4) is 0 Å². The van der Waals surface area contributed by atoms with Gasteiger partial charge in [-0.1, -0.05) is 13.3 Å². The van der Waals surface area contributed by atoms with Gasteiger partial charge < -0.3 is 10.6 Å². The SMILES string of the molecule is CCCCN(C)c1ccc(C(=N)N)cc1C. The van der Waals surface area contributed by atoms with E-state index in [0.717, 1.165) is 12.1 Å². The number of nitrogen functional groups attached to an aromatic ring is 1. The van der Waals surface area contributed by atoms with Gasteiger partial charge in [0.15, 0.2) is 0 Å². The van der Waals surface area contributed by atoms with E-state index in [1.165, 1.54) is 24.1 Å². The van der Waals surface area contributed by atoms with E-state index in [0.29, 0.717) is 0 Å². The topological polar surface area (TPSA) is 53.1 Å². The lowest BCUT2D eigenvalue weighted by Gasteiger charge is -2.21. The van der Waals surface area contributed by atoms with Crippen LogP contribution >= 0.6 is 0 Å². The predicted octanol–water partition coefficient (Wildman–Crippen LogP) is 2.52. The monoisotopic (exact) mass is 219 g/mol. The molecule has 3 heteroatoms. The molecule has 0 fully saturated rings. The Hall–Kier alpha value is -1.51. The minimum atomic E-state index is 0.130. The highest BCUT2D eigenvalue weighted by Gasteiger charge is 2.05. The van der Waals surface area contributed by atoms with Crippen LogP contribution in [0.25, 0.3) is 0 Å². The van der Waals surface area contributed by atoms with Crippen molar-refractivity contribution >= 4 is 11.5 Å². The Bertz CT molecular complexity index is 371. The molecule has 1 aromatic carbocycles. The molecule has 0 unspecified atom stereocenters. The summed E-state index contributed by atoms with van der Waals surface area (Å²) >= 11 is 0. The Kier molecular flexibility index (Phi) is 4.35. The first-order valence-electron chi connectivity index (χ1n) is 5.72. The second-order valence-corrected chi connectivity index (χ2v) is 4.19. The zero-order valence-electron chi connectivity index (χ0n) is 10.4. The molecule has 0 spiro atoms. The number of nitrogens with zero attached hydrogens (tertiary/aromatic N) is 1. The molecule has 1 aromatic rings. The smallest absolute Gasteiger partial charge is 0.122 e. The predicted molar refractivity (Wildman–Crippen MR) is 70.4 cm³/mol. The summed E-state index contributed by atoms with van der Waals surface area (Å²) in [5.74, 6) is 0.130. The first kappa shape index (κ1) is 12.6. The number of hydrogen-bond donors (Lipinski definition) is 2. The van der Waals surface area contributed by atoms with Crippen molar-refractivity contribution in [2.24, 2.45) is 5.73 Å². The van der Waals surface area contributed by atoms with Crippen LogP contribution in [-0.2, 0) is 0 Å². The molecular weight excluding hydrogens is 198 g/mol. The van der Waals surface area contributed by atoms with Crippen LogP contribution in [0, 0.1) is 12.3 Å². The van der Waals surface area contributed by atoms with Crippen molar-refractivity contribution in [3.63, 3.8) is 0 Å². The molecule has 0 atom stereocenters. The van der Waals surface area contributed by atoms with Crippen LogP contribution < -0.4 is 10.6 Å². The molecule has 0 aliphatic rings. The summed E-state index contributed by atoms with van der Waals surface area (Å²) in [6.07, 6.45) is 2.40. The fraction of sp³-hybridized carbons (Fsp3) is 0.462. The average molecular weight is 219 g/mol. The number of amidine groups is 1. The van der Waals surface area contributed by atoms with Crippen LogP contribution in [0.3, 0.4) is 0 Å². The number of aryl methyl sites for hydroxylation is 1. The van der Waals surface area contributed by atoms with E-state index < -0.39 is 0 Å². The van der Waals surface area contributed by atoms with Gasteiger partial charge in [-0.2, -0.15) is 0 Å². The van der Waals surface area contributed by atoms with Gasteiger partial charge >= 0.3 is 0 Å². The van der Waals surface area contributed by atoms with Crippen molar-refractivity contribution in [2.45, 2.75) is 26.7 Å². The van der Waals surface area contributed by atoms with E-state index in [2.05, 4.69) is 25.8 Å². The third-order valence-electron chi connectivity index (χ3n) is 2.77. The van der Waals surface area contributed by atoms with E-state index in [9.17, 15) is 0 Å². The molecule has 0 saturated heterocycles. The summed E-state index contributed by atoms with van der Waals surface area (Å²) < 4.78 is 0. The van der Waals surface area contributed by atoms with Crippen molar-refractivity contribution < 1.29 is 0 Å². The van der Waals surface area contributed by atoms with E-state index in [1.54, 1.807) is 0 Å². The summed E-state index contributed by atoms with van der Waals surface area (Å²) in [7, 11) is 2.10. The van der Waals surface area contributed by atoms with Gasteiger partial charge in [-0.25, -0.2) is 0 Å². The third-order valence-corrected chi connectivity index (χ3v) is 2.77. The van der Waals surface area contributed by atoms with E-state index >= 15 is 0 Å². The maximum Gasteiger partial charge on any atom is 0.122 e. The third kappa shape index (κ3) is 2.99. The summed E-state index contributed by atoms with van der Waals surface area (Å²) in [6.45, 7) is 5.32.